The third kappa shape index (κ3) is 1.86. The van der Waals surface area contributed by atoms with Gasteiger partial charge in [-0.15, -0.1) is 0 Å². The van der Waals surface area contributed by atoms with Gasteiger partial charge in [0.25, 0.3) is 0 Å². The number of hydrogen-bond donors (Lipinski definition) is 1. The number of H-pyrrole nitrogens is 1. The molecule has 0 unspecified atom stereocenters. The van der Waals surface area contributed by atoms with Gasteiger partial charge in [-0.2, -0.15) is 18.3 Å². The van der Waals surface area contributed by atoms with Crippen LogP contribution in [-0.4, -0.2) is 10.2 Å². The summed E-state index contributed by atoms with van der Waals surface area (Å²) in [5.41, 5.74) is -0.477. The molecular weight excluding hydrogens is 205 g/mol. The molecule has 77 valence electrons. The molecule has 0 spiro atoms. The lowest BCUT2D eigenvalue weighted by Crippen LogP contribution is -2.05. The quantitative estimate of drug-likeness (QED) is 0.771. The topological polar surface area (TPSA) is 28.7 Å². The summed E-state index contributed by atoms with van der Waals surface area (Å²) in [4.78, 5) is 0. The van der Waals surface area contributed by atoms with Crippen molar-refractivity contribution in [1.82, 2.24) is 10.2 Å². The SMILES string of the molecule is FC(F)(F)c1[c]n[nH]c1-c1ccccc1. The van der Waals surface area contributed by atoms with Crippen LogP contribution in [0.1, 0.15) is 5.56 Å². The molecule has 0 saturated carbocycles. The van der Waals surface area contributed by atoms with Gasteiger partial charge in [-0.3, -0.25) is 5.10 Å². The minimum absolute atomic E-state index is 0.0527. The number of nitrogens with zero attached hydrogens (tertiary/aromatic N) is 1. The minimum Gasteiger partial charge on any atom is -0.277 e. The summed E-state index contributed by atoms with van der Waals surface area (Å²) in [7, 11) is 0. The summed E-state index contributed by atoms with van der Waals surface area (Å²) in [5.74, 6) is 0. The van der Waals surface area contributed by atoms with E-state index in [4.69, 9.17) is 0 Å². The van der Waals surface area contributed by atoms with Crippen molar-refractivity contribution in [3.05, 3.63) is 42.1 Å². The molecule has 1 aromatic carbocycles. The van der Waals surface area contributed by atoms with Crippen molar-refractivity contribution in [2.24, 2.45) is 0 Å². The second kappa shape index (κ2) is 3.42. The van der Waals surface area contributed by atoms with E-state index in [0.29, 0.717) is 5.56 Å². The Bertz CT molecular complexity index is 445. The van der Waals surface area contributed by atoms with Gasteiger partial charge in [0.1, 0.15) is 11.8 Å². The smallest absolute Gasteiger partial charge is 0.277 e. The van der Waals surface area contributed by atoms with Gasteiger partial charge in [0.05, 0.1) is 5.69 Å². The molecule has 0 fully saturated rings. The summed E-state index contributed by atoms with van der Waals surface area (Å²) in [5, 5.41) is 5.60. The van der Waals surface area contributed by atoms with E-state index in [1.807, 2.05) is 6.20 Å². The highest BCUT2D eigenvalue weighted by Gasteiger charge is 2.35. The summed E-state index contributed by atoms with van der Waals surface area (Å²) in [6.07, 6.45) is -2.52. The molecule has 5 heteroatoms. The van der Waals surface area contributed by atoms with E-state index in [1.165, 1.54) is 0 Å². The molecule has 1 radical (unpaired) electrons. The highest BCUT2D eigenvalue weighted by molar-refractivity contribution is 5.62. The molecule has 2 rings (SSSR count). The average molecular weight is 211 g/mol. The van der Waals surface area contributed by atoms with Crippen molar-refractivity contribution in [1.29, 1.82) is 0 Å². The van der Waals surface area contributed by atoms with Gasteiger partial charge < -0.3 is 0 Å². The van der Waals surface area contributed by atoms with Crippen LogP contribution in [0.3, 0.4) is 0 Å². The van der Waals surface area contributed by atoms with E-state index in [9.17, 15) is 13.2 Å². The maximum absolute atomic E-state index is 12.5. The predicted octanol–water partition coefficient (Wildman–Crippen LogP) is 2.90. The molecule has 1 heterocycles. The van der Waals surface area contributed by atoms with Gasteiger partial charge in [0, 0.05) is 5.56 Å². The number of nitrogens with one attached hydrogen (secondary N) is 1. The summed E-state index contributed by atoms with van der Waals surface area (Å²) in [6.45, 7) is 0. The van der Waals surface area contributed by atoms with Crippen LogP contribution in [0.15, 0.2) is 30.3 Å². The number of alkyl halides is 3. The van der Waals surface area contributed by atoms with Crippen molar-refractivity contribution < 1.29 is 13.2 Å². The van der Waals surface area contributed by atoms with Crippen LogP contribution in [0.4, 0.5) is 13.2 Å². The first-order chi connectivity index (χ1) is 7.09. The van der Waals surface area contributed by atoms with Crippen molar-refractivity contribution >= 4 is 0 Å². The maximum atomic E-state index is 12.5. The Morgan fingerprint density at radius 1 is 1.13 bits per heavy atom. The largest absolute Gasteiger partial charge is 0.420 e. The fourth-order valence-corrected chi connectivity index (χ4v) is 1.27. The van der Waals surface area contributed by atoms with Gasteiger partial charge in [-0.25, -0.2) is 0 Å². The van der Waals surface area contributed by atoms with Crippen LogP contribution < -0.4 is 0 Å². The molecule has 2 aromatic rings. The van der Waals surface area contributed by atoms with E-state index >= 15 is 0 Å². The Hall–Kier alpha value is -1.78. The highest BCUT2D eigenvalue weighted by Crippen LogP contribution is 2.34. The van der Waals surface area contributed by atoms with Crippen LogP contribution >= 0.6 is 0 Å². The van der Waals surface area contributed by atoms with Gasteiger partial charge in [0.2, 0.25) is 0 Å². The molecule has 0 bridgehead atoms. The Morgan fingerprint density at radius 2 is 1.80 bits per heavy atom. The molecule has 0 aliphatic carbocycles. The monoisotopic (exact) mass is 211 g/mol. The number of benzene rings is 1. The first-order valence-electron chi connectivity index (χ1n) is 4.17. The van der Waals surface area contributed by atoms with E-state index in [2.05, 4.69) is 10.2 Å². The van der Waals surface area contributed by atoms with E-state index in [-0.39, 0.29) is 5.69 Å². The first kappa shape index (κ1) is 9.76. The standard InChI is InChI=1S/C10H6F3N2/c11-10(12,13)8-6-14-15-9(8)7-4-2-1-3-5-7/h1-5H,(H,14,15). The number of hydrogen-bond acceptors (Lipinski definition) is 1. The van der Waals surface area contributed by atoms with Gasteiger partial charge in [0.15, 0.2) is 0 Å². The minimum atomic E-state index is -4.43. The van der Waals surface area contributed by atoms with Crippen LogP contribution in [0.5, 0.6) is 0 Å². The zero-order valence-corrected chi connectivity index (χ0v) is 7.47. The van der Waals surface area contributed by atoms with E-state index in [1.54, 1.807) is 30.3 Å². The molecule has 0 aliphatic heterocycles. The average Bonchev–Trinajstić information content (AvgIpc) is 2.67. The van der Waals surface area contributed by atoms with Crippen molar-refractivity contribution in [3.8, 4) is 11.3 Å². The van der Waals surface area contributed by atoms with Crippen molar-refractivity contribution in [2.75, 3.05) is 0 Å². The number of aromatic amines is 1. The van der Waals surface area contributed by atoms with Crippen LogP contribution in [-0.2, 0) is 6.18 Å². The molecule has 1 aromatic heterocycles. The molecule has 0 saturated heterocycles. The molecule has 1 N–H and O–H groups in total. The Labute approximate surface area is 83.7 Å². The van der Waals surface area contributed by atoms with Crippen LogP contribution in [0, 0.1) is 6.20 Å². The fourth-order valence-electron chi connectivity index (χ4n) is 1.27. The number of aromatic nitrogens is 2. The lowest BCUT2D eigenvalue weighted by atomic mass is 10.1. The normalized spacial score (nSPS) is 11.7. The molecule has 0 aliphatic rings. The lowest BCUT2D eigenvalue weighted by Gasteiger charge is -2.06. The van der Waals surface area contributed by atoms with Crippen LogP contribution in [0.2, 0.25) is 0 Å². The maximum Gasteiger partial charge on any atom is 0.420 e. The third-order valence-corrected chi connectivity index (χ3v) is 1.93. The summed E-state index contributed by atoms with van der Waals surface area (Å²) in [6, 6.07) is 8.22. The fraction of sp³-hybridized carbons (Fsp3) is 0.100. The van der Waals surface area contributed by atoms with Gasteiger partial charge in [-0.1, -0.05) is 30.3 Å². The third-order valence-electron chi connectivity index (χ3n) is 1.93. The lowest BCUT2D eigenvalue weighted by molar-refractivity contribution is -0.137. The Balaban J connectivity index is 2.51. The highest BCUT2D eigenvalue weighted by atomic mass is 19.4. The zero-order valence-electron chi connectivity index (χ0n) is 7.47. The summed E-state index contributed by atoms with van der Waals surface area (Å²) < 4.78 is 37.4. The number of halogens is 3. The molecule has 0 amide bonds. The van der Waals surface area contributed by atoms with E-state index < -0.39 is 11.7 Å². The van der Waals surface area contributed by atoms with Gasteiger partial charge >= 0.3 is 6.18 Å². The summed E-state index contributed by atoms with van der Waals surface area (Å²) >= 11 is 0. The van der Waals surface area contributed by atoms with E-state index in [0.717, 1.165) is 0 Å². The molecule has 2 nitrogen and oxygen atoms in total. The molecule has 0 atom stereocenters. The van der Waals surface area contributed by atoms with Crippen molar-refractivity contribution in [3.63, 3.8) is 0 Å². The second-order valence-electron chi connectivity index (χ2n) is 2.95. The van der Waals surface area contributed by atoms with Gasteiger partial charge in [-0.05, 0) is 0 Å². The zero-order chi connectivity index (χ0) is 10.9. The molecule has 15 heavy (non-hydrogen) atoms. The number of rotatable bonds is 1. The Kier molecular flexibility index (Phi) is 2.22. The Morgan fingerprint density at radius 3 is 2.40 bits per heavy atom. The van der Waals surface area contributed by atoms with Crippen molar-refractivity contribution in [2.45, 2.75) is 6.18 Å². The first-order valence-corrected chi connectivity index (χ1v) is 4.17. The molecular formula is C10H6F3N2. The van der Waals surface area contributed by atoms with Crippen LogP contribution in [0.25, 0.3) is 11.3 Å². The second-order valence-corrected chi connectivity index (χ2v) is 2.95. The predicted molar refractivity (Wildman–Crippen MR) is 47.9 cm³/mol.